The maximum Gasteiger partial charge on any atom is 0.253 e. The summed E-state index contributed by atoms with van der Waals surface area (Å²) in [4.78, 5) is 13.9. The smallest absolute Gasteiger partial charge is 0.253 e. The summed E-state index contributed by atoms with van der Waals surface area (Å²) in [6.07, 6.45) is -0.381. The van der Waals surface area contributed by atoms with Gasteiger partial charge in [-0.25, -0.2) is 0 Å². The minimum Gasteiger partial charge on any atom is -0.496 e. The van der Waals surface area contributed by atoms with Crippen LogP contribution in [0.1, 0.15) is 5.56 Å². The lowest BCUT2D eigenvalue weighted by molar-refractivity contribution is -0.144. The van der Waals surface area contributed by atoms with Crippen molar-refractivity contribution in [2.24, 2.45) is 0 Å². The van der Waals surface area contributed by atoms with Gasteiger partial charge in [0.05, 0.1) is 13.7 Å². The van der Waals surface area contributed by atoms with Gasteiger partial charge in [-0.3, -0.25) is 4.79 Å². The van der Waals surface area contributed by atoms with E-state index in [0.717, 1.165) is 17.9 Å². The molecule has 1 heterocycles. The van der Waals surface area contributed by atoms with Crippen molar-refractivity contribution in [1.29, 1.82) is 0 Å². The van der Waals surface area contributed by atoms with Crippen molar-refractivity contribution < 1.29 is 14.3 Å². The van der Waals surface area contributed by atoms with Crippen molar-refractivity contribution in [3.8, 4) is 5.75 Å². The fraction of sp³-hybridized carbons (Fsp3) is 0.500. The second-order valence-corrected chi connectivity index (χ2v) is 4.57. The first-order chi connectivity index (χ1) is 9.22. The number of nitrogens with zero attached hydrogens (tertiary/aromatic N) is 1. The molecule has 0 unspecified atom stereocenters. The number of likely N-dealkylation sites (N-methyl/N-ethyl adjacent to an activating group) is 1. The van der Waals surface area contributed by atoms with Crippen molar-refractivity contribution in [3.05, 3.63) is 29.8 Å². The number of rotatable bonds is 4. The van der Waals surface area contributed by atoms with Crippen LogP contribution >= 0.6 is 0 Å². The number of nitrogens with one attached hydrogen (secondary N) is 1. The number of methoxy groups -OCH3 is 1. The van der Waals surface area contributed by atoms with Crippen LogP contribution in [0.15, 0.2) is 24.3 Å². The molecule has 5 heteroatoms. The molecular weight excluding hydrogens is 244 g/mol. The Balaban J connectivity index is 1.99. The molecule has 1 aromatic rings. The molecule has 2 rings (SSSR count). The topological polar surface area (TPSA) is 50.8 Å². The first kappa shape index (κ1) is 13.8. The van der Waals surface area contributed by atoms with E-state index in [-0.39, 0.29) is 12.0 Å². The summed E-state index contributed by atoms with van der Waals surface area (Å²) in [5.41, 5.74) is 0.990. The Kier molecular flexibility index (Phi) is 4.76. The van der Waals surface area contributed by atoms with E-state index in [2.05, 4.69) is 5.32 Å². The number of hydrogen-bond acceptors (Lipinski definition) is 4. The molecule has 1 fully saturated rings. The van der Waals surface area contributed by atoms with Crippen molar-refractivity contribution in [3.63, 3.8) is 0 Å². The number of benzene rings is 1. The number of ether oxygens (including phenoxy) is 2. The number of para-hydroxylation sites is 1. The van der Waals surface area contributed by atoms with Crippen LogP contribution in [-0.4, -0.2) is 50.8 Å². The normalized spacial score (nSPS) is 18.9. The number of amides is 1. The third-order valence-electron chi connectivity index (χ3n) is 3.18. The van der Waals surface area contributed by atoms with Crippen LogP contribution in [0.25, 0.3) is 0 Å². The molecule has 0 aliphatic carbocycles. The third-order valence-corrected chi connectivity index (χ3v) is 3.18. The van der Waals surface area contributed by atoms with Crippen molar-refractivity contribution in [1.82, 2.24) is 10.2 Å². The van der Waals surface area contributed by atoms with E-state index >= 15 is 0 Å². The molecule has 1 amide bonds. The molecule has 0 saturated carbocycles. The van der Waals surface area contributed by atoms with Gasteiger partial charge in [-0.05, 0) is 6.07 Å². The van der Waals surface area contributed by atoms with Gasteiger partial charge in [0.2, 0.25) is 0 Å². The predicted molar refractivity (Wildman–Crippen MR) is 72.1 cm³/mol. The molecule has 1 aliphatic rings. The summed E-state index contributed by atoms with van der Waals surface area (Å²) in [7, 11) is 3.42. The van der Waals surface area contributed by atoms with E-state index in [9.17, 15) is 4.79 Å². The van der Waals surface area contributed by atoms with Crippen molar-refractivity contribution >= 4 is 5.91 Å². The predicted octanol–water partition coefficient (Wildman–Crippen LogP) is 0.642. The molecular formula is C14H20N2O3. The zero-order valence-corrected chi connectivity index (χ0v) is 11.4. The van der Waals surface area contributed by atoms with Crippen LogP contribution in [0, 0.1) is 0 Å². The molecule has 1 N–H and O–H groups in total. The second kappa shape index (κ2) is 6.54. The summed E-state index contributed by atoms with van der Waals surface area (Å²) in [6.45, 7) is 2.48. The summed E-state index contributed by atoms with van der Waals surface area (Å²) in [6, 6.07) is 7.71. The Bertz CT molecular complexity index is 430. The van der Waals surface area contributed by atoms with Gasteiger partial charge in [0.15, 0.2) is 0 Å². The van der Waals surface area contributed by atoms with E-state index in [1.165, 1.54) is 0 Å². The summed E-state index contributed by atoms with van der Waals surface area (Å²) in [5, 5.41) is 3.16. The van der Waals surface area contributed by atoms with Crippen molar-refractivity contribution in [2.45, 2.75) is 12.6 Å². The number of carbonyl (C=O) groups is 1. The Morgan fingerprint density at radius 2 is 2.32 bits per heavy atom. The van der Waals surface area contributed by atoms with Gasteiger partial charge < -0.3 is 19.7 Å². The molecule has 0 spiro atoms. The van der Waals surface area contributed by atoms with E-state index in [1.54, 1.807) is 19.1 Å². The van der Waals surface area contributed by atoms with Crippen LogP contribution in [-0.2, 0) is 16.1 Å². The average Bonchev–Trinajstić information content (AvgIpc) is 2.48. The summed E-state index contributed by atoms with van der Waals surface area (Å²) < 4.78 is 10.8. The van der Waals surface area contributed by atoms with Crippen molar-refractivity contribution in [2.75, 3.05) is 33.9 Å². The summed E-state index contributed by atoms with van der Waals surface area (Å²) in [5.74, 6) is 0.794. The first-order valence-electron chi connectivity index (χ1n) is 6.41. The highest BCUT2D eigenvalue weighted by atomic mass is 16.5. The average molecular weight is 264 g/mol. The second-order valence-electron chi connectivity index (χ2n) is 4.57. The molecule has 19 heavy (non-hydrogen) atoms. The van der Waals surface area contributed by atoms with Gasteiger partial charge in [0.25, 0.3) is 5.91 Å². The molecule has 5 nitrogen and oxygen atoms in total. The zero-order chi connectivity index (χ0) is 13.7. The molecule has 0 bridgehead atoms. The number of hydrogen-bond donors (Lipinski definition) is 1. The quantitative estimate of drug-likeness (QED) is 0.867. The lowest BCUT2D eigenvalue weighted by atomic mass is 10.1. The minimum atomic E-state index is -0.381. The lowest BCUT2D eigenvalue weighted by Crippen LogP contribution is -2.48. The summed E-state index contributed by atoms with van der Waals surface area (Å²) >= 11 is 0. The third kappa shape index (κ3) is 3.45. The maximum atomic E-state index is 12.2. The van der Waals surface area contributed by atoms with E-state index < -0.39 is 0 Å². The largest absolute Gasteiger partial charge is 0.496 e. The van der Waals surface area contributed by atoms with Gasteiger partial charge in [0, 0.05) is 32.2 Å². The molecule has 0 aromatic heterocycles. The molecule has 0 radical (unpaired) electrons. The van der Waals surface area contributed by atoms with Gasteiger partial charge in [-0.15, -0.1) is 0 Å². The highest BCUT2D eigenvalue weighted by Crippen LogP contribution is 2.19. The Hall–Kier alpha value is -1.59. The van der Waals surface area contributed by atoms with Crippen LogP contribution in [0.2, 0.25) is 0 Å². The van der Waals surface area contributed by atoms with Gasteiger partial charge in [-0.2, -0.15) is 0 Å². The minimum absolute atomic E-state index is 0.00175. The molecule has 1 saturated heterocycles. The molecule has 104 valence electrons. The van der Waals surface area contributed by atoms with E-state index in [1.807, 2.05) is 24.3 Å². The Morgan fingerprint density at radius 3 is 3.00 bits per heavy atom. The van der Waals surface area contributed by atoms with Crippen LogP contribution in [0.4, 0.5) is 0 Å². The highest BCUT2D eigenvalue weighted by Gasteiger charge is 2.25. The van der Waals surface area contributed by atoms with Gasteiger partial charge in [-0.1, -0.05) is 18.2 Å². The molecule has 1 atom stereocenters. The fourth-order valence-electron chi connectivity index (χ4n) is 2.14. The SMILES string of the molecule is COc1ccccc1CN(C)C(=O)[C@@H]1CNCCO1. The van der Waals surface area contributed by atoms with E-state index in [4.69, 9.17) is 9.47 Å². The maximum absolute atomic E-state index is 12.2. The Morgan fingerprint density at radius 1 is 1.53 bits per heavy atom. The molecule has 1 aliphatic heterocycles. The standard InChI is InChI=1S/C14H20N2O3/c1-16(14(17)13-9-15-7-8-19-13)10-11-5-3-4-6-12(11)18-2/h3-6,13,15H,7-10H2,1-2H3/t13-/m0/s1. The lowest BCUT2D eigenvalue weighted by Gasteiger charge is -2.27. The number of carbonyl (C=O) groups excluding carboxylic acids is 1. The number of morpholine rings is 1. The Labute approximate surface area is 113 Å². The van der Waals surface area contributed by atoms with Crippen LogP contribution < -0.4 is 10.1 Å². The van der Waals surface area contributed by atoms with Crippen LogP contribution in [0.5, 0.6) is 5.75 Å². The van der Waals surface area contributed by atoms with E-state index in [0.29, 0.717) is 19.7 Å². The first-order valence-corrected chi connectivity index (χ1v) is 6.41. The molecule has 1 aromatic carbocycles. The van der Waals surface area contributed by atoms with Crippen LogP contribution in [0.3, 0.4) is 0 Å². The zero-order valence-electron chi connectivity index (χ0n) is 11.4. The fourth-order valence-corrected chi connectivity index (χ4v) is 2.14. The van der Waals surface area contributed by atoms with Gasteiger partial charge >= 0.3 is 0 Å². The van der Waals surface area contributed by atoms with Gasteiger partial charge in [0.1, 0.15) is 11.9 Å². The monoisotopic (exact) mass is 264 g/mol. The highest BCUT2D eigenvalue weighted by molar-refractivity contribution is 5.81.